The second-order valence-corrected chi connectivity index (χ2v) is 7.24. The number of rotatable bonds is 4. The molecule has 1 aliphatic heterocycles. The maximum atomic E-state index is 12.2. The zero-order chi connectivity index (χ0) is 20.1. The van der Waals surface area contributed by atoms with Crippen LogP contribution in [0, 0.1) is 13.8 Å². The van der Waals surface area contributed by atoms with Gasteiger partial charge in [0.25, 0.3) is 0 Å². The topological polar surface area (TPSA) is 81.6 Å². The van der Waals surface area contributed by atoms with Gasteiger partial charge in [0.2, 0.25) is 6.04 Å². The van der Waals surface area contributed by atoms with Crippen molar-refractivity contribution in [1.29, 1.82) is 0 Å². The molecule has 0 bridgehead atoms. The van der Waals surface area contributed by atoms with Crippen LogP contribution in [0.5, 0.6) is 11.5 Å². The molecule has 0 aliphatic carbocycles. The van der Waals surface area contributed by atoms with Crippen LogP contribution in [-0.2, 0) is 14.3 Å². The predicted molar refractivity (Wildman–Crippen MR) is 104 cm³/mol. The first-order valence-corrected chi connectivity index (χ1v) is 9.50. The Morgan fingerprint density at radius 2 is 1.41 bits per heavy atom. The van der Waals surface area contributed by atoms with Gasteiger partial charge in [-0.1, -0.05) is 35.4 Å². The summed E-state index contributed by atoms with van der Waals surface area (Å²) in [5.41, 5.74) is 6.09. The predicted octanol–water partition coefficient (Wildman–Crippen LogP) is -0.925. The minimum atomic E-state index is -0.583. The average molecular weight is 422 g/mol. The number of benzene rings is 2. The molecule has 0 radical (unpaired) electrons. The van der Waals surface area contributed by atoms with E-state index in [-0.39, 0.29) is 25.6 Å². The number of hydrogen-bond acceptors (Lipinski definition) is 5. The van der Waals surface area contributed by atoms with Crippen molar-refractivity contribution < 1.29 is 41.9 Å². The summed E-state index contributed by atoms with van der Waals surface area (Å²) in [6, 6.07) is 14.9. The lowest BCUT2D eigenvalue weighted by molar-refractivity contribution is -0.415. The summed E-state index contributed by atoms with van der Waals surface area (Å²) < 4.78 is 23.7. The molecule has 2 aromatic rings. The van der Waals surface area contributed by atoms with E-state index in [1.165, 1.54) is 0 Å². The molecule has 4 atom stereocenters. The summed E-state index contributed by atoms with van der Waals surface area (Å²) in [4.78, 5) is 12.2. The van der Waals surface area contributed by atoms with E-state index in [0.717, 1.165) is 11.1 Å². The molecule has 3 rings (SSSR count). The van der Waals surface area contributed by atoms with E-state index in [4.69, 9.17) is 18.9 Å². The van der Waals surface area contributed by atoms with Gasteiger partial charge in [0.15, 0.2) is 12.2 Å². The van der Waals surface area contributed by atoms with Gasteiger partial charge < -0.3 is 37.1 Å². The van der Waals surface area contributed by atoms with Crippen molar-refractivity contribution in [3.8, 4) is 11.5 Å². The zero-order valence-corrected chi connectivity index (χ0v) is 17.7. The van der Waals surface area contributed by atoms with E-state index >= 15 is 0 Å². The fraction of sp³-hybridized carbons (Fsp3) is 0.409. The minimum Gasteiger partial charge on any atom is -1.00 e. The molecule has 1 heterocycles. The average Bonchev–Trinajstić information content (AvgIpc) is 2.71. The number of carbonyl (C=O) groups excluding carboxylic acids is 1. The largest absolute Gasteiger partial charge is 1.00 e. The van der Waals surface area contributed by atoms with Gasteiger partial charge in [-0.05, 0) is 45.0 Å². The van der Waals surface area contributed by atoms with E-state index in [9.17, 15) is 4.79 Å². The quantitative estimate of drug-likeness (QED) is 0.645. The summed E-state index contributed by atoms with van der Waals surface area (Å²) in [5, 5.41) is 0. The van der Waals surface area contributed by atoms with Crippen molar-refractivity contribution >= 4 is 5.97 Å². The van der Waals surface area contributed by atoms with Gasteiger partial charge in [0.05, 0.1) is 6.61 Å². The molecule has 158 valence electrons. The molecule has 3 N–H and O–H groups in total. The molecule has 7 heteroatoms. The molecule has 29 heavy (non-hydrogen) atoms. The lowest BCUT2D eigenvalue weighted by Gasteiger charge is -2.31. The highest BCUT2D eigenvalue weighted by atomic mass is 35.5. The smallest absolute Gasteiger partial charge is 0.367 e. The molecule has 1 saturated heterocycles. The second-order valence-electron chi connectivity index (χ2n) is 7.24. The molecule has 0 saturated carbocycles. The summed E-state index contributed by atoms with van der Waals surface area (Å²) in [6.45, 7) is 6.28. The standard InChI is InChI=1S/C22H27NO5.ClH/c1-14-4-8-17(9-5-14)27-20-13-25-12-19(23)22(24)26-16(3)21(20)28-18-10-6-15(2)7-11-18;/h4-11,16,19-21H,12-13,23H2,1-3H3;1H/t16-,19-,20-,21-;/m0./s1. The van der Waals surface area contributed by atoms with Crippen LogP contribution in [0.3, 0.4) is 0 Å². The fourth-order valence-electron chi connectivity index (χ4n) is 2.98. The highest BCUT2D eigenvalue weighted by Crippen LogP contribution is 2.23. The zero-order valence-electron chi connectivity index (χ0n) is 17.0. The molecule has 0 unspecified atom stereocenters. The first kappa shape index (κ1) is 23.0. The summed E-state index contributed by atoms with van der Waals surface area (Å²) >= 11 is 0. The van der Waals surface area contributed by atoms with Gasteiger partial charge in [0.1, 0.15) is 24.2 Å². The third-order valence-electron chi connectivity index (χ3n) is 4.67. The molecule has 1 aliphatic rings. The van der Waals surface area contributed by atoms with Crippen LogP contribution >= 0.6 is 0 Å². The van der Waals surface area contributed by atoms with Crippen LogP contribution in [0.1, 0.15) is 18.1 Å². The van der Waals surface area contributed by atoms with Crippen LogP contribution in [0.2, 0.25) is 0 Å². The number of quaternary nitrogens is 1. The fourth-order valence-corrected chi connectivity index (χ4v) is 2.98. The van der Waals surface area contributed by atoms with Gasteiger partial charge in [-0.25, -0.2) is 4.79 Å². The molecule has 6 nitrogen and oxygen atoms in total. The minimum absolute atomic E-state index is 0. The summed E-state index contributed by atoms with van der Waals surface area (Å²) in [5.74, 6) is 0.989. The number of esters is 1. The molecule has 2 aromatic carbocycles. The Labute approximate surface area is 177 Å². The number of aryl methyl sites for hydroxylation is 2. The Hall–Kier alpha value is -2.28. The maximum absolute atomic E-state index is 12.2. The molecular formula is C22H28ClNO5. The van der Waals surface area contributed by atoms with Crippen molar-refractivity contribution in [3.05, 3.63) is 59.7 Å². The highest BCUT2D eigenvalue weighted by molar-refractivity contribution is 5.74. The SMILES string of the molecule is Cc1ccc(O[C@H]2[C@H](C)OC(=O)[C@@H]([NH3+])COC[C@@H]2Oc2ccc(C)cc2)cc1.[Cl-]. The van der Waals surface area contributed by atoms with Crippen LogP contribution in [0.4, 0.5) is 0 Å². The van der Waals surface area contributed by atoms with E-state index in [1.54, 1.807) is 6.92 Å². The van der Waals surface area contributed by atoms with Gasteiger partial charge >= 0.3 is 5.97 Å². The van der Waals surface area contributed by atoms with E-state index in [0.29, 0.717) is 11.5 Å². The number of ether oxygens (including phenoxy) is 4. The Balaban J connectivity index is 0.00000300. The van der Waals surface area contributed by atoms with Crippen LogP contribution in [0.25, 0.3) is 0 Å². The Morgan fingerprint density at radius 3 is 1.97 bits per heavy atom. The normalized spacial score (nSPS) is 24.9. The maximum Gasteiger partial charge on any atom is 0.367 e. The number of hydrogen-bond donors (Lipinski definition) is 1. The van der Waals surface area contributed by atoms with Gasteiger partial charge in [-0.2, -0.15) is 0 Å². The molecular weight excluding hydrogens is 394 g/mol. The second kappa shape index (κ2) is 10.5. The van der Waals surface area contributed by atoms with Gasteiger partial charge in [-0.3, -0.25) is 0 Å². The van der Waals surface area contributed by atoms with E-state index < -0.39 is 30.3 Å². The first-order valence-electron chi connectivity index (χ1n) is 9.50. The van der Waals surface area contributed by atoms with Gasteiger partial charge in [0, 0.05) is 0 Å². The Morgan fingerprint density at radius 1 is 0.897 bits per heavy atom. The third kappa shape index (κ3) is 6.35. The van der Waals surface area contributed by atoms with E-state index in [1.807, 2.05) is 62.4 Å². The first-order chi connectivity index (χ1) is 13.4. The molecule has 0 amide bonds. The summed E-state index contributed by atoms with van der Waals surface area (Å²) in [6.07, 6.45) is -1.54. The molecule has 0 spiro atoms. The van der Waals surface area contributed by atoms with Crippen molar-refractivity contribution in [2.75, 3.05) is 13.2 Å². The van der Waals surface area contributed by atoms with Gasteiger partial charge in [-0.15, -0.1) is 0 Å². The van der Waals surface area contributed by atoms with Crippen molar-refractivity contribution in [3.63, 3.8) is 0 Å². The van der Waals surface area contributed by atoms with Crippen molar-refractivity contribution in [1.82, 2.24) is 0 Å². The lowest BCUT2D eigenvalue weighted by atomic mass is 10.1. The Bertz CT molecular complexity index is 781. The number of halogens is 1. The third-order valence-corrected chi connectivity index (χ3v) is 4.67. The highest BCUT2D eigenvalue weighted by Gasteiger charge is 2.37. The number of carbonyl (C=O) groups is 1. The molecule has 0 aromatic heterocycles. The monoisotopic (exact) mass is 421 g/mol. The summed E-state index contributed by atoms with van der Waals surface area (Å²) in [7, 11) is 0. The Kier molecular flexibility index (Phi) is 8.32. The van der Waals surface area contributed by atoms with Crippen LogP contribution < -0.4 is 27.6 Å². The van der Waals surface area contributed by atoms with Crippen LogP contribution in [-0.4, -0.2) is 43.5 Å². The number of cyclic esters (lactones) is 1. The van der Waals surface area contributed by atoms with Crippen molar-refractivity contribution in [2.45, 2.75) is 45.1 Å². The van der Waals surface area contributed by atoms with E-state index in [2.05, 4.69) is 5.73 Å². The van der Waals surface area contributed by atoms with Crippen molar-refractivity contribution in [2.24, 2.45) is 0 Å². The molecule has 1 fully saturated rings. The lowest BCUT2D eigenvalue weighted by Crippen LogP contribution is -3.00. The van der Waals surface area contributed by atoms with Crippen LogP contribution in [0.15, 0.2) is 48.5 Å².